The Hall–Kier alpha value is -0.870. The molecule has 0 spiro atoms. The Morgan fingerprint density at radius 2 is 1.84 bits per heavy atom. The van der Waals surface area contributed by atoms with Crippen molar-refractivity contribution in [3.8, 4) is 0 Å². The molecule has 1 aromatic rings. The number of sulfone groups is 1. The Morgan fingerprint density at radius 3 is 2.42 bits per heavy atom. The standard InChI is InChI=1S/C15H22O3S/c1-11-6-8-12(9-7-11)15(16)13-4-3-5-14(10-13)19(2,17)18/h3-5,10-12,15-16H,6-9H2,1-2H3. The third kappa shape index (κ3) is 3.57. The molecule has 0 aliphatic heterocycles. The Labute approximate surface area is 115 Å². The largest absolute Gasteiger partial charge is 0.388 e. The summed E-state index contributed by atoms with van der Waals surface area (Å²) in [5, 5.41) is 10.4. The van der Waals surface area contributed by atoms with Crippen LogP contribution in [0.5, 0.6) is 0 Å². The molecule has 1 aliphatic rings. The van der Waals surface area contributed by atoms with Gasteiger partial charge in [-0.2, -0.15) is 0 Å². The van der Waals surface area contributed by atoms with E-state index in [2.05, 4.69) is 6.92 Å². The topological polar surface area (TPSA) is 54.4 Å². The molecule has 0 heterocycles. The number of aliphatic hydroxyl groups excluding tert-OH is 1. The first kappa shape index (κ1) is 14.5. The van der Waals surface area contributed by atoms with E-state index < -0.39 is 15.9 Å². The second-order valence-corrected chi connectivity index (χ2v) is 7.83. The minimum Gasteiger partial charge on any atom is -0.388 e. The molecule has 1 unspecified atom stereocenters. The highest BCUT2D eigenvalue weighted by molar-refractivity contribution is 7.90. The fourth-order valence-electron chi connectivity index (χ4n) is 2.80. The van der Waals surface area contributed by atoms with Crippen LogP contribution < -0.4 is 0 Å². The summed E-state index contributed by atoms with van der Waals surface area (Å²) in [7, 11) is -3.21. The zero-order valence-corrected chi connectivity index (χ0v) is 12.4. The van der Waals surface area contributed by atoms with E-state index in [0.717, 1.165) is 37.2 Å². The van der Waals surface area contributed by atoms with Crippen LogP contribution in [-0.4, -0.2) is 19.8 Å². The number of hydrogen-bond donors (Lipinski definition) is 1. The second-order valence-electron chi connectivity index (χ2n) is 5.81. The summed E-state index contributed by atoms with van der Waals surface area (Å²) in [5.41, 5.74) is 0.725. The smallest absolute Gasteiger partial charge is 0.175 e. The van der Waals surface area contributed by atoms with Gasteiger partial charge >= 0.3 is 0 Å². The van der Waals surface area contributed by atoms with Gasteiger partial charge in [0.2, 0.25) is 0 Å². The second kappa shape index (κ2) is 5.63. The number of benzene rings is 1. The Balaban J connectivity index is 2.17. The summed E-state index contributed by atoms with van der Waals surface area (Å²) < 4.78 is 23.1. The van der Waals surface area contributed by atoms with Gasteiger partial charge < -0.3 is 5.11 Å². The third-order valence-corrected chi connectivity index (χ3v) is 5.25. The Morgan fingerprint density at radius 1 is 1.21 bits per heavy atom. The summed E-state index contributed by atoms with van der Waals surface area (Å²) in [5.74, 6) is 0.997. The van der Waals surface area contributed by atoms with Crippen LogP contribution in [0.1, 0.15) is 44.3 Å². The summed E-state index contributed by atoms with van der Waals surface area (Å²) in [6, 6.07) is 6.71. The molecule has 1 aliphatic carbocycles. The van der Waals surface area contributed by atoms with Crippen molar-refractivity contribution in [1.82, 2.24) is 0 Å². The van der Waals surface area contributed by atoms with Crippen LogP contribution in [0.25, 0.3) is 0 Å². The number of rotatable bonds is 3. The highest BCUT2D eigenvalue weighted by Crippen LogP contribution is 2.36. The zero-order valence-electron chi connectivity index (χ0n) is 11.5. The lowest BCUT2D eigenvalue weighted by molar-refractivity contribution is 0.0754. The molecular weight excluding hydrogens is 260 g/mol. The molecule has 2 rings (SSSR count). The molecule has 19 heavy (non-hydrogen) atoms. The van der Waals surface area contributed by atoms with Crippen LogP contribution in [-0.2, 0) is 9.84 Å². The lowest BCUT2D eigenvalue weighted by Gasteiger charge is -2.30. The van der Waals surface area contributed by atoms with Crippen molar-refractivity contribution in [3.63, 3.8) is 0 Å². The monoisotopic (exact) mass is 282 g/mol. The maximum atomic E-state index is 11.5. The van der Waals surface area contributed by atoms with Gasteiger partial charge in [-0.05, 0) is 42.4 Å². The maximum absolute atomic E-state index is 11.5. The first-order valence-corrected chi connectivity index (χ1v) is 8.75. The summed E-state index contributed by atoms with van der Waals surface area (Å²) in [4.78, 5) is 0.285. The fraction of sp³-hybridized carbons (Fsp3) is 0.600. The average Bonchev–Trinajstić information content (AvgIpc) is 2.38. The van der Waals surface area contributed by atoms with Gasteiger partial charge in [0.15, 0.2) is 9.84 Å². The van der Waals surface area contributed by atoms with Crippen LogP contribution in [0.15, 0.2) is 29.2 Å². The van der Waals surface area contributed by atoms with Crippen molar-refractivity contribution >= 4 is 9.84 Å². The highest BCUT2D eigenvalue weighted by atomic mass is 32.2. The van der Waals surface area contributed by atoms with Crippen molar-refractivity contribution in [2.24, 2.45) is 11.8 Å². The molecular formula is C15H22O3S. The van der Waals surface area contributed by atoms with Crippen molar-refractivity contribution < 1.29 is 13.5 Å². The van der Waals surface area contributed by atoms with Crippen LogP contribution in [0.2, 0.25) is 0 Å². The number of aliphatic hydroxyl groups is 1. The molecule has 1 N–H and O–H groups in total. The molecule has 1 atom stereocenters. The van der Waals surface area contributed by atoms with Gasteiger partial charge in [0.25, 0.3) is 0 Å². The van der Waals surface area contributed by atoms with Gasteiger partial charge in [0, 0.05) is 6.26 Å². The Kier molecular flexibility index (Phi) is 4.31. The summed E-state index contributed by atoms with van der Waals surface area (Å²) >= 11 is 0. The van der Waals surface area contributed by atoms with E-state index >= 15 is 0 Å². The van der Waals surface area contributed by atoms with Gasteiger partial charge in [-0.15, -0.1) is 0 Å². The molecule has 1 aromatic carbocycles. The highest BCUT2D eigenvalue weighted by Gasteiger charge is 2.26. The van der Waals surface area contributed by atoms with E-state index in [1.54, 1.807) is 18.2 Å². The first-order valence-electron chi connectivity index (χ1n) is 6.86. The molecule has 0 saturated heterocycles. The van der Waals surface area contributed by atoms with E-state index in [1.165, 1.54) is 6.26 Å². The minimum atomic E-state index is -3.21. The van der Waals surface area contributed by atoms with E-state index in [0.29, 0.717) is 0 Å². The molecule has 106 valence electrons. The summed E-state index contributed by atoms with van der Waals surface area (Å²) in [6.45, 7) is 2.24. The predicted octanol–water partition coefficient (Wildman–Crippen LogP) is 2.95. The predicted molar refractivity (Wildman–Crippen MR) is 75.6 cm³/mol. The van der Waals surface area contributed by atoms with Gasteiger partial charge in [0.05, 0.1) is 11.0 Å². The van der Waals surface area contributed by atoms with Crippen molar-refractivity contribution in [1.29, 1.82) is 0 Å². The van der Waals surface area contributed by atoms with Crippen LogP contribution in [0.3, 0.4) is 0 Å². The molecule has 1 saturated carbocycles. The van der Waals surface area contributed by atoms with E-state index in [-0.39, 0.29) is 10.8 Å². The van der Waals surface area contributed by atoms with Crippen LogP contribution >= 0.6 is 0 Å². The van der Waals surface area contributed by atoms with Crippen molar-refractivity contribution in [3.05, 3.63) is 29.8 Å². The lowest BCUT2D eigenvalue weighted by Crippen LogP contribution is -2.19. The zero-order chi connectivity index (χ0) is 14.0. The molecule has 0 bridgehead atoms. The van der Waals surface area contributed by atoms with Crippen LogP contribution in [0.4, 0.5) is 0 Å². The fourth-order valence-corrected chi connectivity index (χ4v) is 3.48. The van der Waals surface area contributed by atoms with Gasteiger partial charge in [-0.1, -0.05) is 31.9 Å². The first-order chi connectivity index (χ1) is 8.88. The minimum absolute atomic E-state index is 0.256. The molecule has 1 fully saturated rings. The molecule has 3 nitrogen and oxygen atoms in total. The average molecular weight is 282 g/mol. The van der Waals surface area contributed by atoms with E-state index in [9.17, 15) is 13.5 Å². The normalized spacial score (nSPS) is 26.1. The SMILES string of the molecule is CC1CCC(C(O)c2cccc(S(C)(=O)=O)c2)CC1. The molecule has 0 radical (unpaired) electrons. The molecule has 0 amide bonds. The maximum Gasteiger partial charge on any atom is 0.175 e. The molecule has 4 heteroatoms. The van der Waals surface area contributed by atoms with Gasteiger partial charge in [-0.25, -0.2) is 8.42 Å². The van der Waals surface area contributed by atoms with Crippen molar-refractivity contribution in [2.45, 2.75) is 43.6 Å². The van der Waals surface area contributed by atoms with Crippen LogP contribution in [0, 0.1) is 11.8 Å². The van der Waals surface area contributed by atoms with Gasteiger partial charge in [-0.3, -0.25) is 0 Å². The van der Waals surface area contributed by atoms with Gasteiger partial charge in [0.1, 0.15) is 0 Å². The Bertz CT molecular complexity index is 528. The van der Waals surface area contributed by atoms with E-state index in [4.69, 9.17) is 0 Å². The summed E-state index contributed by atoms with van der Waals surface area (Å²) in [6.07, 6.45) is 4.98. The molecule has 0 aromatic heterocycles. The third-order valence-electron chi connectivity index (χ3n) is 4.13. The quantitative estimate of drug-likeness (QED) is 0.927. The number of hydrogen-bond acceptors (Lipinski definition) is 3. The lowest BCUT2D eigenvalue weighted by atomic mass is 9.78. The van der Waals surface area contributed by atoms with Crippen molar-refractivity contribution in [2.75, 3.05) is 6.26 Å². The van der Waals surface area contributed by atoms with E-state index in [1.807, 2.05) is 6.07 Å².